The number of aromatic nitrogens is 2. The Hall–Kier alpha value is -3.58. The van der Waals surface area contributed by atoms with Gasteiger partial charge in [0.25, 0.3) is 5.56 Å². The number of nitrogen functional groups attached to an aromatic ring is 1. The number of carbonyl (C=O) groups is 1. The van der Waals surface area contributed by atoms with Crippen molar-refractivity contribution in [3.63, 3.8) is 0 Å². The van der Waals surface area contributed by atoms with Gasteiger partial charge < -0.3 is 20.3 Å². The number of H-pyrrole nitrogens is 1. The molecule has 2 rings (SSSR count). The highest BCUT2D eigenvalue weighted by Gasteiger charge is 2.24. The van der Waals surface area contributed by atoms with Gasteiger partial charge in [-0.25, -0.2) is 4.79 Å². The zero-order chi connectivity index (χ0) is 23.5. The number of amides is 1. The Balaban J connectivity index is 2.43. The van der Waals surface area contributed by atoms with E-state index in [1.165, 1.54) is 21.5 Å². The first-order valence-electron chi connectivity index (χ1n) is 10.5. The first-order chi connectivity index (χ1) is 15.4. The molecule has 10 heteroatoms. The van der Waals surface area contributed by atoms with Crippen LogP contribution in [0.2, 0.25) is 0 Å². The lowest BCUT2D eigenvalue weighted by molar-refractivity contribution is -0.117. The van der Waals surface area contributed by atoms with Crippen molar-refractivity contribution in [1.82, 2.24) is 9.55 Å². The van der Waals surface area contributed by atoms with Crippen LogP contribution in [0.4, 0.5) is 17.2 Å². The normalized spacial score (nSPS) is 10.5. The van der Waals surface area contributed by atoms with E-state index in [1.807, 2.05) is 13.0 Å². The van der Waals surface area contributed by atoms with Gasteiger partial charge in [-0.15, -0.1) is 0 Å². The Morgan fingerprint density at radius 1 is 1.25 bits per heavy atom. The summed E-state index contributed by atoms with van der Waals surface area (Å²) in [6.45, 7) is 2.82. The Kier molecular flexibility index (Phi) is 9.50. The molecule has 3 N–H and O–H groups in total. The third-order valence-electron chi connectivity index (χ3n) is 4.97. The van der Waals surface area contributed by atoms with Crippen LogP contribution in [-0.4, -0.2) is 48.8 Å². The van der Waals surface area contributed by atoms with Gasteiger partial charge in [-0.3, -0.25) is 19.1 Å². The number of methoxy groups -OCH3 is 1. The summed E-state index contributed by atoms with van der Waals surface area (Å²) in [7, 11) is 1.51. The molecule has 0 aliphatic rings. The van der Waals surface area contributed by atoms with Gasteiger partial charge in [0.05, 0.1) is 25.6 Å². The predicted octanol–water partition coefficient (Wildman–Crippen LogP) is 1.32. The summed E-state index contributed by atoms with van der Waals surface area (Å²) < 4.78 is 6.47. The average molecular weight is 443 g/mol. The number of hydrogen-bond donors (Lipinski definition) is 2. The number of aromatic amines is 1. The Morgan fingerprint density at radius 3 is 2.59 bits per heavy atom. The molecular formula is C22H30N6O4. The summed E-state index contributed by atoms with van der Waals surface area (Å²) in [5, 5.41) is 9.01. The summed E-state index contributed by atoms with van der Waals surface area (Å²) in [5.74, 6) is -0.299. The number of nitriles is 1. The van der Waals surface area contributed by atoms with E-state index < -0.39 is 11.2 Å². The van der Waals surface area contributed by atoms with E-state index in [2.05, 4.69) is 11.1 Å². The fourth-order valence-electron chi connectivity index (χ4n) is 3.31. The topological polar surface area (TPSA) is 137 Å². The summed E-state index contributed by atoms with van der Waals surface area (Å²) in [5.41, 5.74) is 5.70. The van der Waals surface area contributed by atoms with Gasteiger partial charge in [-0.05, 0) is 18.6 Å². The van der Waals surface area contributed by atoms with Crippen LogP contribution < -0.4 is 26.8 Å². The molecule has 0 aliphatic carbocycles. The fourth-order valence-corrected chi connectivity index (χ4v) is 3.31. The summed E-state index contributed by atoms with van der Waals surface area (Å²) in [4.78, 5) is 43.5. The van der Waals surface area contributed by atoms with Gasteiger partial charge in [0.1, 0.15) is 11.5 Å². The van der Waals surface area contributed by atoms with Crippen LogP contribution in [0.5, 0.6) is 0 Å². The van der Waals surface area contributed by atoms with Crippen molar-refractivity contribution < 1.29 is 9.53 Å². The zero-order valence-corrected chi connectivity index (χ0v) is 18.5. The number of anilines is 3. The third kappa shape index (κ3) is 6.21. The van der Waals surface area contributed by atoms with E-state index in [0.717, 1.165) is 6.42 Å². The van der Waals surface area contributed by atoms with Gasteiger partial charge in [0.15, 0.2) is 0 Å². The Morgan fingerprint density at radius 2 is 1.97 bits per heavy atom. The van der Waals surface area contributed by atoms with E-state index in [-0.39, 0.29) is 50.1 Å². The van der Waals surface area contributed by atoms with Crippen molar-refractivity contribution in [2.45, 2.75) is 32.7 Å². The van der Waals surface area contributed by atoms with Crippen LogP contribution in [0.25, 0.3) is 0 Å². The van der Waals surface area contributed by atoms with Crippen LogP contribution in [0.15, 0.2) is 39.9 Å². The molecule has 1 amide bonds. The van der Waals surface area contributed by atoms with E-state index in [1.54, 1.807) is 24.3 Å². The molecule has 172 valence electrons. The molecule has 0 spiro atoms. The second kappa shape index (κ2) is 12.3. The lowest BCUT2D eigenvalue weighted by Gasteiger charge is -2.29. The molecule has 1 aromatic carbocycles. The summed E-state index contributed by atoms with van der Waals surface area (Å²) in [6.07, 6.45) is 1.71. The van der Waals surface area contributed by atoms with Crippen molar-refractivity contribution in [2.24, 2.45) is 0 Å². The number of nitrogens with two attached hydrogens (primary N) is 1. The van der Waals surface area contributed by atoms with Crippen LogP contribution >= 0.6 is 0 Å². The molecule has 1 heterocycles. The van der Waals surface area contributed by atoms with E-state index in [9.17, 15) is 14.4 Å². The summed E-state index contributed by atoms with van der Waals surface area (Å²) >= 11 is 0. The molecule has 0 fully saturated rings. The fraction of sp³-hybridized carbons (Fsp3) is 0.455. The first kappa shape index (κ1) is 24.7. The Labute approximate surface area is 186 Å². The molecule has 0 aliphatic heterocycles. The minimum absolute atomic E-state index is 0.0133. The van der Waals surface area contributed by atoms with Crippen LogP contribution in [0, 0.1) is 11.3 Å². The molecule has 0 saturated heterocycles. The maximum Gasteiger partial charge on any atom is 0.330 e. The number of benzene rings is 1. The molecule has 0 radical (unpaired) electrons. The maximum atomic E-state index is 13.3. The molecular weight excluding hydrogens is 412 g/mol. The highest BCUT2D eigenvalue weighted by atomic mass is 16.5. The molecule has 1 aromatic heterocycles. The number of hydrogen-bond acceptors (Lipinski definition) is 7. The quantitative estimate of drug-likeness (QED) is 0.505. The lowest BCUT2D eigenvalue weighted by atomic mass is 10.2. The first-order valence-corrected chi connectivity index (χ1v) is 10.5. The second-order valence-corrected chi connectivity index (χ2v) is 7.20. The number of ether oxygens (including phenoxy) is 1. The number of rotatable bonds is 12. The zero-order valence-electron chi connectivity index (χ0n) is 18.5. The van der Waals surface area contributed by atoms with Crippen molar-refractivity contribution in [1.29, 1.82) is 5.26 Å². The van der Waals surface area contributed by atoms with Crippen LogP contribution in [0.1, 0.15) is 26.2 Å². The average Bonchev–Trinajstić information content (AvgIpc) is 2.78. The lowest BCUT2D eigenvalue weighted by Crippen LogP contribution is -2.45. The minimum atomic E-state index is -0.660. The largest absolute Gasteiger partial charge is 0.383 e. The van der Waals surface area contributed by atoms with Gasteiger partial charge >= 0.3 is 5.69 Å². The standard InChI is InChI=1S/C22H30N6O4/c1-3-4-12-28-20(24)19(21(30)25-22(28)31)26(14-15-32-2)16-18(29)27(13-8-11-23)17-9-6-5-7-10-17/h5-7,9-10H,3-4,8,12-16,24H2,1-2H3,(H,25,30,31). The van der Waals surface area contributed by atoms with Gasteiger partial charge in [0, 0.05) is 32.4 Å². The molecule has 0 saturated carbocycles. The number of carbonyl (C=O) groups excluding carboxylic acids is 1. The monoisotopic (exact) mass is 442 g/mol. The summed E-state index contributed by atoms with van der Waals surface area (Å²) in [6, 6.07) is 11.0. The highest BCUT2D eigenvalue weighted by Crippen LogP contribution is 2.19. The second-order valence-electron chi connectivity index (χ2n) is 7.20. The number of nitrogens with zero attached hydrogens (tertiary/aromatic N) is 4. The number of para-hydroxylation sites is 1. The van der Waals surface area contributed by atoms with E-state index in [0.29, 0.717) is 18.7 Å². The van der Waals surface area contributed by atoms with Gasteiger partial charge in [-0.2, -0.15) is 5.26 Å². The molecule has 32 heavy (non-hydrogen) atoms. The smallest absolute Gasteiger partial charge is 0.330 e. The van der Waals surface area contributed by atoms with Crippen LogP contribution in [-0.2, 0) is 16.1 Å². The molecule has 0 atom stereocenters. The van der Waals surface area contributed by atoms with Crippen LogP contribution in [0.3, 0.4) is 0 Å². The van der Waals surface area contributed by atoms with E-state index in [4.69, 9.17) is 15.7 Å². The third-order valence-corrected chi connectivity index (χ3v) is 4.97. The molecule has 10 nitrogen and oxygen atoms in total. The number of nitrogens with one attached hydrogen (secondary N) is 1. The maximum absolute atomic E-state index is 13.3. The predicted molar refractivity (Wildman–Crippen MR) is 124 cm³/mol. The number of unbranched alkanes of at least 4 members (excludes halogenated alkanes) is 1. The van der Waals surface area contributed by atoms with Gasteiger partial charge in [0.2, 0.25) is 5.91 Å². The van der Waals surface area contributed by atoms with Crippen molar-refractivity contribution in [3.8, 4) is 6.07 Å². The van der Waals surface area contributed by atoms with Gasteiger partial charge in [-0.1, -0.05) is 31.5 Å². The SMILES string of the molecule is CCCCn1c(N)c(N(CCOC)CC(=O)N(CCC#N)c2ccccc2)c(=O)[nH]c1=O. The Bertz CT molecular complexity index is 1040. The molecule has 0 unspecified atom stereocenters. The highest BCUT2D eigenvalue weighted by molar-refractivity contribution is 5.96. The molecule has 0 bridgehead atoms. The molecule has 2 aromatic rings. The van der Waals surface area contributed by atoms with Crippen molar-refractivity contribution in [2.75, 3.05) is 48.9 Å². The van der Waals surface area contributed by atoms with E-state index >= 15 is 0 Å². The van der Waals surface area contributed by atoms with Crippen molar-refractivity contribution >= 4 is 23.1 Å². The van der Waals surface area contributed by atoms with Crippen molar-refractivity contribution in [3.05, 3.63) is 51.2 Å². The minimum Gasteiger partial charge on any atom is -0.383 e.